The molecule has 9 heteroatoms. The van der Waals surface area contributed by atoms with Gasteiger partial charge in [0.15, 0.2) is 4.90 Å². The largest absolute Gasteiger partial charge is 0.289 e. The van der Waals surface area contributed by atoms with Gasteiger partial charge in [0, 0.05) is 29.9 Å². The Morgan fingerprint density at radius 3 is 2.63 bits per heavy atom. The molecule has 0 N–H and O–H groups in total. The molecule has 0 aliphatic carbocycles. The van der Waals surface area contributed by atoms with Gasteiger partial charge in [-0.15, -0.1) is 0 Å². The van der Waals surface area contributed by atoms with E-state index in [4.69, 9.17) is 0 Å². The van der Waals surface area contributed by atoms with E-state index in [1.807, 2.05) is 6.26 Å². The smallest absolute Gasteiger partial charge is 0.258 e. The first-order valence-corrected chi connectivity index (χ1v) is 8.82. The maximum absolute atomic E-state index is 12.3. The predicted octanol–water partition coefficient (Wildman–Crippen LogP) is 2.34. The third kappa shape index (κ3) is 3.91. The van der Waals surface area contributed by atoms with Gasteiger partial charge in [-0.25, -0.2) is 8.42 Å². The summed E-state index contributed by atoms with van der Waals surface area (Å²) in [7, 11) is -2.45. The van der Waals surface area contributed by atoms with Crippen LogP contribution in [0.15, 0.2) is 27.6 Å². The maximum Gasteiger partial charge on any atom is 0.289 e. The lowest BCUT2D eigenvalue weighted by molar-refractivity contribution is -0.387. The number of nitro groups is 1. The molecule has 6 nitrogen and oxygen atoms in total. The van der Waals surface area contributed by atoms with Crippen LogP contribution in [0.5, 0.6) is 0 Å². The van der Waals surface area contributed by atoms with Crippen molar-refractivity contribution in [1.29, 1.82) is 0 Å². The highest BCUT2D eigenvalue weighted by Crippen LogP contribution is 2.29. The Hall–Kier alpha value is -0.640. The second-order valence-electron chi connectivity index (χ2n) is 3.69. The second kappa shape index (κ2) is 6.69. The molecule has 0 aliphatic heterocycles. The molecule has 0 aromatic heterocycles. The number of thioether (sulfide) groups is 1. The molecule has 106 valence electrons. The SMILES string of the molecule is CSCCN(C)S(=O)(=O)c1cc(Br)ccc1[N+](=O)[O-]. The van der Waals surface area contributed by atoms with Crippen LogP contribution in [0, 0.1) is 10.1 Å². The Morgan fingerprint density at radius 2 is 2.11 bits per heavy atom. The van der Waals surface area contributed by atoms with E-state index in [-0.39, 0.29) is 4.90 Å². The fraction of sp³-hybridized carbons (Fsp3) is 0.400. The molecule has 0 atom stereocenters. The van der Waals surface area contributed by atoms with Gasteiger partial charge < -0.3 is 0 Å². The van der Waals surface area contributed by atoms with Crippen LogP contribution in [0.3, 0.4) is 0 Å². The number of halogens is 1. The van der Waals surface area contributed by atoms with E-state index >= 15 is 0 Å². The molecule has 0 bridgehead atoms. The fourth-order valence-corrected chi connectivity index (χ4v) is 3.79. The molecule has 0 spiro atoms. The summed E-state index contributed by atoms with van der Waals surface area (Å²) < 4.78 is 26.2. The number of benzene rings is 1. The molecule has 0 unspecified atom stereocenters. The highest BCUT2D eigenvalue weighted by molar-refractivity contribution is 9.10. The van der Waals surface area contributed by atoms with E-state index in [0.29, 0.717) is 16.8 Å². The Bertz CT molecular complexity index is 577. The van der Waals surface area contributed by atoms with Crippen LogP contribution in [0.2, 0.25) is 0 Å². The monoisotopic (exact) mass is 368 g/mol. The predicted molar refractivity (Wildman–Crippen MR) is 79.0 cm³/mol. The van der Waals surface area contributed by atoms with Gasteiger partial charge in [-0.3, -0.25) is 10.1 Å². The third-order valence-electron chi connectivity index (χ3n) is 2.42. The van der Waals surface area contributed by atoms with Crippen LogP contribution in [-0.4, -0.2) is 43.2 Å². The summed E-state index contributed by atoms with van der Waals surface area (Å²) in [5.74, 6) is 0.623. The maximum atomic E-state index is 12.3. The highest BCUT2D eigenvalue weighted by atomic mass is 79.9. The van der Waals surface area contributed by atoms with Crippen molar-refractivity contribution in [1.82, 2.24) is 4.31 Å². The Balaban J connectivity index is 3.27. The zero-order chi connectivity index (χ0) is 14.6. The number of sulfonamides is 1. The molecular weight excluding hydrogens is 356 g/mol. The first-order chi connectivity index (χ1) is 8.80. The number of hydrogen-bond acceptors (Lipinski definition) is 5. The standard InChI is InChI=1S/C10H13BrN2O4S2/c1-12(5-6-18-2)19(16,17)10-7-8(11)3-4-9(10)13(14)15/h3-4,7H,5-6H2,1-2H3. The lowest BCUT2D eigenvalue weighted by atomic mass is 10.3. The van der Waals surface area contributed by atoms with Gasteiger partial charge in [0.25, 0.3) is 5.69 Å². The van der Waals surface area contributed by atoms with Crippen molar-refractivity contribution >= 4 is 43.4 Å². The van der Waals surface area contributed by atoms with Gasteiger partial charge in [0.2, 0.25) is 10.0 Å². The van der Waals surface area contributed by atoms with Crippen molar-refractivity contribution in [3.8, 4) is 0 Å². The molecule has 19 heavy (non-hydrogen) atoms. The molecule has 0 heterocycles. The lowest BCUT2D eigenvalue weighted by Gasteiger charge is -2.16. The van der Waals surface area contributed by atoms with Crippen molar-refractivity contribution in [2.75, 3.05) is 25.6 Å². The van der Waals surface area contributed by atoms with Crippen molar-refractivity contribution in [2.45, 2.75) is 4.90 Å². The summed E-state index contributed by atoms with van der Waals surface area (Å²) in [6.07, 6.45) is 1.86. The third-order valence-corrected chi connectivity index (χ3v) is 5.39. The molecule has 0 saturated carbocycles. The average Bonchev–Trinajstić information content (AvgIpc) is 2.35. The first-order valence-electron chi connectivity index (χ1n) is 5.20. The van der Waals surface area contributed by atoms with E-state index in [2.05, 4.69) is 15.9 Å². The minimum atomic E-state index is -3.86. The Morgan fingerprint density at radius 1 is 1.47 bits per heavy atom. The van der Waals surface area contributed by atoms with Crippen LogP contribution >= 0.6 is 27.7 Å². The Labute approximate surface area is 124 Å². The molecule has 0 aliphatic rings. The molecular formula is C10H13BrN2O4S2. The zero-order valence-electron chi connectivity index (χ0n) is 10.4. The van der Waals surface area contributed by atoms with Gasteiger partial charge in [-0.1, -0.05) is 15.9 Å². The highest BCUT2D eigenvalue weighted by Gasteiger charge is 2.29. The molecule has 0 amide bonds. The van der Waals surface area contributed by atoms with Crippen LogP contribution in [-0.2, 0) is 10.0 Å². The summed E-state index contributed by atoms with van der Waals surface area (Å²) in [6.45, 7) is 0.299. The van der Waals surface area contributed by atoms with Gasteiger partial charge in [0.1, 0.15) is 0 Å². The van der Waals surface area contributed by atoms with Crippen LogP contribution in [0.25, 0.3) is 0 Å². The van der Waals surface area contributed by atoms with Crippen molar-refractivity contribution in [3.63, 3.8) is 0 Å². The van der Waals surface area contributed by atoms with E-state index in [1.54, 1.807) is 0 Å². The summed E-state index contributed by atoms with van der Waals surface area (Å²) in [5.41, 5.74) is -0.417. The van der Waals surface area contributed by atoms with Crippen molar-refractivity contribution < 1.29 is 13.3 Å². The van der Waals surface area contributed by atoms with Crippen LogP contribution in [0.1, 0.15) is 0 Å². The number of nitro benzene ring substituents is 1. The Kier molecular flexibility index (Phi) is 5.78. The fourth-order valence-electron chi connectivity index (χ4n) is 1.35. The minimum absolute atomic E-state index is 0.296. The van der Waals surface area contributed by atoms with Gasteiger partial charge in [-0.2, -0.15) is 16.1 Å². The van der Waals surface area contributed by atoms with Crippen molar-refractivity contribution in [3.05, 3.63) is 32.8 Å². The lowest BCUT2D eigenvalue weighted by Crippen LogP contribution is -2.29. The number of nitrogens with zero attached hydrogens (tertiary/aromatic N) is 2. The molecule has 1 rings (SSSR count). The number of hydrogen-bond donors (Lipinski definition) is 0. The molecule has 1 aromatic carbocycles. The van der Waals surface area contributed by atoms with Crippen LogP contribution in [0.4, 0.5) is 5.69 Å². The summed E-state index contributed by atoms with van der Waals surface area (Å²) >= 11 is 4.64. The number of rotatable bonds is 6. The summed E-state index contributed by atoms with van der Waals surface area (Å²) in [5, 5.41) is 10.9. The zero-order valence-corrected chi connectivity index (χ0v) is 13.6. The first kappa shape index (κ1) is 16.4. The van der Waals surface area contributed by atoms with Gasteiger partial charge in [-0.05, 0) is 18.4 Å². The molecule has 0 saturated heterocycles. The quantitative estimate of drug-likeness (QED) is 0.568. The normalized spacial score (nSPS) is 11.8. The summed E-state index contributed by atoms with van der Waals surface area (Å²) in [6, 6.07) is 3.88. The molecule has 0 radical (unpaired) electrons. The van der Waals surface area contributed by atoms with E-state index in [9.17, 15) is 18.5 Å². The summed E-state index contributed by atoms with van der Waals surface area (Å²) in [4.78, 5) is 9.93. The van der Waals surface area contributed by atoms with Gasteiger partial charge >= 0.3 is 0 Å². The topological polar surface area (TPSA) is 80.5 Å². The van der Waals surface area contributed by atoms with Crippen molar-refractivity contribution in [2.24, 2.45) is 0 Å². The van der Waals surface area contributed by atoms with Gasteiger partial charge in [0.05, 0.1) is 4.92 Å². The van der Waals surface area contributed by atoms with E-state index < -0.39 is 20.6 Å². The van der Waals surface area contributed by atoms with Crippen LogP contribution < -0.4 is 0 Å². The minimum Gasteiger partial charge on any atom is -0.258 e. The van der Waals surface area contributed by atoms with E-state index in [0.717, 1.165) is 4.31 Å². The average molecular weight is 369 g/mol. The molecule has 1 aromatic rings. The van der Waals surface area contributed by atoms with E-state index in [1.165, 1.54) is 37.0 Å². The molecule has 0 fully saturated rings. The second-order valence-corrected chi connectivity index (χ2v) is 7.60.